The van der Waals surface area contributed by atoms with Crippen LogP contribution in [0.4, 0.5) is 13.2 Å². The molecular formula is C13H17F3N2O. The fourth-order valence-corrected chi connectivity index (χ4v) is 2.48. The molecule has 2 rings (SSSR count). The number of piperidine rings is 1. The Hall–Kier alpha value is -1.14. The highest BCUT2D eigenvalue weighted by Crippen LogP contribution is 2.31. The van der Waals surface area contributed by atoms with Crippen LogP contribution < -0.4 is 0 Å². The van der Waals surface area contributed by atoms with Gasteiger partial charge in [0.1, 0.15) is 0 Å². The van der Waals surface area contributed by atoms with Gasteiger partial charge in [0.15, 0.2) is 0 Å². The average Bonchev–Trinajstić information content (AvgIpc) is 2.38. The smallest absolute Gasteiger partial charge is 0.396 e. The largest absolute Gasteiger partial charge is 0.418 e. The lowest BCUT2D eigenvalue weighted by Crippen LogP contribution is -2.37. The number of alkyl halides is 3. The number of aromatic nitrogens is 1. The summed E-state index contributed by atoms with van der Waals surface area (Å²) in [6.07, 6.45) is -1.14. The van der Waals surface area contributed by atoms with Crippen molar-refractivity contribution in [3.05, 3.63) is 29.6 Å². The van der Waals surface area contributed by atoms with Crippen molar-refractivity contribution in [2.75, 3.05) is 19.7 Å². The third kappa shape index (κ3) is 3.67. The molecule has 0 aromatic carbocycles. The molecule has 1 saturated heterocycles. The maximum absolute atomic E-state index is 12.8. The first-order valence-corrected chi connectivity index (χ1v) is 6.35. The number of likely N-dealkylation sites (tertiary alicyclic amines) is 1. The molecule has 0 amide bonds. The SMILES string of the molecule is OCC1CCCN(Cc2ncccc2C(F)(F)F)C1. The van der Waals surface area contributed by atoms with Crippen LogP contribution >= 0.6 is 0 Å². The van der Waals surface area contributed by atoms with Gasteiger partial charge >= 0.3 is 6.18 Å². The number of hydrogen-bond acceptors (Lipinski definition) is 3. The Morgan fingerprint density at radius 3 is 2.89 bits per heavy atom. The molecule has 1 atom stereocenters. The summed E-state index contributed by atoms with van der Waals surface area (Å²) in [7, 11) is 0. The van der Waals surface area contributed by atoms with Gasteiger partial charge in [-0.3, -0.25) is 9.88 Å². The van der Waals surface area contributed by atoms with Gasteiger partial charge in [0.05, 0.1) is 11.3 Å². The molecule has 1 aliphatic heterocycles. The summed E-state index contributed by atoms with van der Waals surface area (Å²) in [4.78, 5) is 5.80. The van der Waals surface area contributed by atoms with Crippen LogP contribution in [-0.4, -0.2) is 34.7 Å². The summed E-state index contributed by atoms with van der Waals surface area (Å²) in [6.45, 7) is 1.66. The second-order valence-electron chi connectivity index (χ2n) is 4.92. The number of pyridine rings is 1. The molecule has 1 aromatic heterocycles. The van der Waals surface area contributed by atoms with Gasteiger partial charge in [0, 0.05) is 25.9 Å². The number of halogens is 3. The van der Waals surface area contributed by atoms with E-state index < -0.39 is 11.7 Å². The molecule has 1 N–H and O–H groups in total. The van der Waals surface area contributed by atoms with Gasteiger partial charge in [-0.1, -0.05) is 0 Å². The van der Waals surface area contributed by atoms with Gasteiger partial charge < -0.3 is 5.11 Å². The van der Waals surface area contributed by atoms with Crippen LogP contribution in [0.5, 0.6) is 0 Å². The second kappa shape index (κ2) is 5.88. The molecule has 1 unspecified atom stereocenters. The lowest BCUT2D eigenvalue weighted by molar-refractivity contribution is -0.138. The van der Waals surface area contributed by atoms with Crippen molar-refractivity contribution >= 4 is 0 Å². The molecule has 0 bridgehead atoms. The third-order valence-electron chi connectivity index (χ3n) is 3.43. The second-order valence-corrected chi connectivity index (χ2v) is 4.92. The maximum atomic E-state index is 12.8. The van der Waals surface area contributed by atoms with Crippen LogP contribution in [0.15, 0.2) is 18.3 Å². The maximum Gasteiger partial charge on any atom is 0.418 e. The van der Waals surface area contributed by atoms with Gasteiger partial charge in [-0.25, -0.2) is 0 Å². The first-order valence-electron chi connectivity index (χ1n) is 6.35. The Bertz CT molecular complexity index is 423. The van der Waals surface area contributed by atoms with Gasteiger partial charge in [0.2, 0.25) is 0 Å². The normalized spacial score (nSPS) is 21.6. The first kappa shape index (κ1) is 14.3. The number of aliphatic hydroxyl groups is 1. The number of hydrogen-bond donors (Lipinski definition) is 1. The molecule has 0 spiro atoms. The minimum Gasteiger partial charge on any atom is -0.396 e. The molecule has 2 heterocycles. The number of nitrogens with zero attached hydrogens (tertiary/aromatic N) is 2. The van der Waals surface area contributed by atoms with Gasteiger partial charge in [-0.15, -0.1) is 0 Å². The van der Waals surface area contributed by atoms with E-state index in [2.05, 4.69) is 4.98 Å². The quantitative estimate of drug-likeness (QED) is 0.919. The van der Waals surface area contributed by atoms with E-state index in [1.165, 1.54) is 12.3 Å². The molecule has 0 saturated carbocycles. The van der Waals surface area contributed by atoms with Crippen molar-refractivity contribution in [3.63, 3.8) is 0 Å². The van der Waals surface area contributed by atoms with Gasteiger partial charge in [0.25, 0.3) is 0 Å². The predicted octanol–water partition coefficient (Wildman–Crippen LogP) is 2.30. The van der Waals surface area contributed by atoms with E-state index in [9.17, 15) is 13.2 Å². The van der Waals surface area contributed by atoms with E-state index in [0.717, 1.165) is 25.5 Å². The lowest BCUT2D eigenvalue weighted by Gasteiger charge is -2.31. The Balaban J connectivity index is 2.11. The Labute approximate surface area is 110 Å². The molecule has 6 heteroatoms. The molecule has 1 aliphatic rings. The molecule has 0 radical (unpaired) electrons. The van der Waals surface area contributed by atoms with E-state index in [1.54, 1.807) is 0 Å². The highest BCUT2D eigenvalue weighted by atomic mass is 19.4. The lowest BCUT2D eigenvalue weighted by atomic mass is 9.98. The summed E-state index contributed by atoms with van der Waals surface area (Å²) in [5.41, 5.74) is -0.602. The highest BCUT2D eigenvalue weighted by molar-refractivity contribution is 5.23. The third-order valence-corrected chi connectivity index (χ3v) is 3.43. The van der Waals surface area contributed by atoms with E-state index in [-0.39, 0.29) is 24.8 Å². The molecule has 3 nitrogen and oxygen atoms in total. The fourth-order valence-electron chi connectivity index (χ4n) is 2.48. The van der Waals surface area contributed by atoms with Crippen molar-refractivity contribution in [1.29, 1.82) is 0 Å². The van der Waals surface area contributed by atoms with Crippen molar-refractivity contribution in [2.24, 2.45) is 5.92 Å². The van der Waals surface area contributed by atoms with Crippen molar-refractivity contribution < 1.29 is 18.3 Å². The molecular weight excluding hydrogens is 257 g/mol. The van der Waals surface area contributed by atoms with Gasteiger partial charge in [-0.2, -0.15) is 13.2 Å². The van der Waals surface area contributed by atoms with Crippen LogP contribution in [0.1, 0.15) is 24.1 Å². The van der Waals surface area contributed by atoms with Crippen LogP contribution in [0.3, 0.4) is 0 Å². The van der Waals surface area contributed by atoms with E-state index >= 15 is 0 Å². The van der Waals surface area contributed by atoms with Crippen LogP contribution in [0, 0.1) is 5.92 Å². The van der Waals surface area contributed by atoms with Crippen LogP contribution in [-0.2, 0) is 12.7 Å². The van der Waals surface area contributed by atoms with Crippen molar-refractivity contribution in [2.45, 2.75) is 25.6 Å². The standard InChI is InChI=1S/C13H17F3N2O/c14-13(15,16)11-4-1-5-17-12(11)8-18-6-2-3-10(7-18)9-19/h1,4-5,10,19H,2-3,6-9H2. The average molecular weight is 274 g/mol. The Morgan fingerprint density at radius 2 is 2.21 bits per heavy atom. The summed E-state index contributed by atoms with van der Waals surface area (Å²) in [5.74, 6) is 0.159. The highest BCUT2D eigenvalue weighted by Gasteiger charge is 2.34. The molecule has 1 fully saturated rings. The minimum absolute atomic E-state index is 0.0635. The Morgan fingerprint density at radius 1 is 1.42 bits per heavy atom. The Kier molecular flexibility index (Phi) is 4.42. The van der Waals surface area contributed by atoms with E-state index in [1.807, 2.05) is 4.90 Å². The monoisotopic (exact) mass is 274 g/mol. The van der Waals surface area contributed by atoms with Crippen molar-refractivity contribution in [3.8, 4) is 0 Å². The van der Waals surface area contributed by atoms with E-state index in [0.29, 0.717) is 6.54 Å². The summed E-state index contributed by atoms with van der Waals surface area (Å²) in [5, 5.41) is 9.14. The van der Waals surface area contributed by atoms with Crippen LogP contribution in [0.2, 0.25) is 0 Å². The van der Waals surface area contributed by atoms with Crippen molar-refractivity contribution in [1.82, 2.24) is 9.88 Å². The predicted molar refractivity (Wildman–Crippen MR) is 64.3 cm³/mol. The molecule has 0 aliphatic carbocycles. The molecule has 19 heavy (non-hydrogen) atoms. The zero-order valence-electron chi connectivity index (χ0n) is 10.5. The molecule has 106 valence electrons. The summed E-state index contributed by atoms with van der Waals surface area (Å²) >= 11 is 0. The minimum atomic E-state index is -4.37. The van der Waals surface area contributed by atoms with Gasteiger partial charge in [-0.05, 0) is 37.4 Å². The summed E-state index contributed by atoms with van der Waals surface area (Å²) < 4.78 is 38.5. The number of rotatable bonds is 3. The number of aliphatic hydroxyl groups excluding tert-OH is 1. The van der Waals surface area contributed by atoms with E-state index in [4.69, 9.17) is 5.11 Å². The topological polar surface area (TPSA) is 36.4 Å². The van der Waals surface area contributed by atoms with Crippen LogP contribution in [0.25, 0.3) is 0 Å². The zero-order valence-corrected chi connectivity index (χ0v) is 10.5. The first-order chi connectivity index (χ1) is 9.00. The summed E-state index contributed by atoms with van der Waals surface area (Å²) in [6, 6.07) is 2.37. The fraction of sp³-hybridized carbons (Fsp3) is 0.615. The molecule has 1 aromatic rings. The zero-order chi connectivity index (χ0) is 13.9.